The van der Waals surface area contributed by atoms with Crippen molar-refractivity contribution in [3.63, 3.8) is 0 Å². The van der Waals surface area contributed by atoms with Crippen LogP contribution in [0.3, 0.4) is 0 Å². The van der Waals surface area contributed by atoms with Crippen LogP contribution in [0.2, 0.25) is 0 Å². The highest BCUT2D eigenvalue weighted by Gasteiger charge is 2.22. The molecule has 3 rings (SSSR count). The number of hydrogen-bond acceptors (Lipinski definition) is 3. The van der Waals surface area contributed by atoms with E-state index in [4.69, 9.17) is 0 Å². The Hall–Kier alpha value is -1.68. The molecule has 1 saturated heterocycles. The van der Waals surface area contributed by atoms with Crippen LogP contribution in [0.5, 0.6) is 0 Å². The Morgan fingerprint density at radius 3 is 3.05 bits per heavy atom. The zero-order chi connectivity index (χ0) is 13.2. The Bertz CT molecular complexity index is 596. The van der Waals surface area contributed by atoms with Gasteiger partial charge >= 0.3 is 0 Å². The lowest BCUT2D eigenvalue weighted by molar-refractivity contribution is -0.122. The molecule has 0 aliphatic carbocycles. The van der Waals surface area contributed by atoms with Gasteiger partial charge in [-0.1, -0.05) is 12.1 Å². The first-order valence-electron chi connectivity index (χ1n) is 6.89. The van der Waals surface area contributed by atoms with Crippen LogP contribution in [0.4, 0.5) is 0 Å². The van der Waals surface area contributed by atoms with Gasteiger partial charge in [0.15, 0.2) is 0 Å². The highest BCUT2D eigenvalue weighted by Crippen LogP contribution is 2.17. The van der Waals surface area contributed by atoms with Gasteiger partial charge in [0, 0.05) is 19.5 Å². The third-order valence-corrected chi connectivity index (χ3v) is 3.96. The molecule has 4 heteroatoms. The summed E-state index contributed by atoms with van der Waals surface area (Å²) >= 11 is 0. The molecule has 4 nitrogen and oxygen atoms in total. The second-order valence-electron chi connectivity index (χ2n) is 5.26. The topological polar surface area (TPSA) is 46.9 Å². The van der Waals surface area contributed by atoms with Crippen molar-refractivity contribution in [2.45, 2.75) is 19.3 Å². The van der Waals surface area contributed by atoms with Gasteiger partial charge in [0.05, 0.1) is 17.5 Å². The van der Waals surface area contributed by atoms with Gasteiger partial charge in [-0.3, -0.25) is 4.79 Å². The van der Waals surface area contributed by atoms with Crippen LogP contribution in [0.25, 0.3) is 11.0 Å². The standard InChI is InChI=1S/C15H19N3O/c1-18-13-7-3-2-6-12(13)17-15(18)9-14(19)11-5-4-8-16-10-11/h2-3,6-7,11,16H,4-5,8-10H2,1H3. The van der Waals surface area contributed by atoms with E-state index in [9.17, 15) is 4.79 Å². The third kappa shape index (κ3) is 2.40. The SMILES string of the molecule is Cn1c(CC(=O)C2CCCNC2)nc2ccccc21. The van der Waals surface area contributed by atoms with Crippen LogP contribution in [-0.2, 0) is 18.3 Å². The summed E-state index contributed by atoms with van der Waals surface area (Å²) in [5.74, 6) is 1.34. The van der Waals surface area contributed by atoms with Crippen molar-refractivity contribution < 1.29 is 4.79 Å². The number of piperidine rings is 1. The Kier molecular flexibility index (Phi) is 3.34. The van der Waals surface area contributed by atoms with Crippen molar-refractivity contribution >= 4 is 16.8 Å². The van der Waals surface area contributed by atoms with Crippen molar-refractivity contribution in [3.8, 4) is 0 Å². The van der Waals surface area contributed by atoms with Crippen LogP contribution < -0.4 is 5.32 Å². The molecule has 2 aromatic rings. The van der Waals surface area contributed by atoms with Crippen molar-refractivity contribution in [3.05, 3.63) is 30.1 Å². The molecule has 1 atom stereocenters. The van der Waals surface area contributed by atoms with Gasteiger partial charge in [0.25, 0.3) is 0 Å². The number of nitrogens with one attached hydrogen (secondary N) is 1. The number of nitrogens with zero attached hydrogens (tertiary/aromatic N) is 2. The number of carbonyl (C=O) groups is 1. The van der Waals surface area contributed by atoms with E-state index in [1.165, 1.54) is 0 Å². The molecule has 1 aromatic carbocycles. The van der Waals surface area contributed by atoms with Crippen molar-refractivity contribution in [2.24, 2.45) is 13.0 Å². The molecular weight excluding hydrogens is 238 g/mol. The first-order valence-corrected chi connectivity index (χ1v) is 6.89. The van der Waals surface area contributed by atoms with E-state index in [2.05, 4.69) is 10.3 Å². The molecule has 1 aliphatic rings. The monoisotopic (exact) mass is 257 g/mol. The van der Waals surface area contributed by atoms with E-state index in [1.54, 1.807) is 0 Å². The van der Waals surface area contributed by atoms with Gasteiger partial charge in [0.2, 0.25) is 0 Å². The number of aryl methyl sites for hydroxylation is 1. The van der Waals surface area contributed by atoms with Gasteiger partial charge in [0.1, 0.15) is 11.6 Å². The van der Waals surface area contributed by atoms with Crippen molar-refractivity contribution in [2.75, 3.05) is 13.1 Å². The van der Waals surface area contributed by atoms with Gasteiger partial charge < -0.3 is 9.88 Å². The van der Waals surface area contributed by atoms with E-state index in [0.29, 0.717) is 12.2 Å². The lowest BCUT2D eigenvalue weighted by Gasteiger charge is -2.21. The van der Waals surface area contributed by atoms with E-state index in [1.807, 2.05) is 35.9 Å². The predicted octanol–water partition coefficient (Wildman–Crippen LogP) is 1.68. The van der Waals surface area contributed by atoms with E-state index in [-0.39, 0.29) is 5.92 Å². The van der Waals surface area contributed by atoms with Crippen molar-refractivity contribution in [1.29, 1.82) is 0 Å². The first-order chi connectivity index (χ1) is 9.25. The zero-order valence-corrected chi connectivity index (χ0v) is 11.2. The number of ketones is 1. The first kappa shape index (κ1) is 12.4. The van der Waals surface area contributed by atoms with Crippen LogP contribution in [0.15, 0.2) is 24.3 Å². The zero-order valence-electron chi connectivity index (χ0n) is 11.2. The van der Waals surface area contributed by atoms with Crippen LogP contribution in [0.1, 0.15) is 18.7 Å². The fourth-order valence-corrected chi connectivity index (χ4v) is 2.78. The summed E-state index contributed by atoms with van der Waals surface area (Å²) in [6.07, 6.45) is 2.55. The summed E-state index contributed by atoms with van der Waals surface area (Å²) in [6.45, 7) is 1.86. The second kappa shape index (κ2) is 5.13. The van der Waals surface area contributed by atoms with Gasteiger partial charge in [-0.15, -0.1) is 0 Å². The maximum absolute atomic E-state index is 12.3. The minimum Gasteiger partial charge on any atom is -0.331 e. The lowest BCUT2D eigenvalue weighted by Crippen LogP contribution is -2.35. The van der Waals surface area contributed by atoms with Crippen LogP contribution in [0, 0.1) is 5.92 Å². The smallest absolute Gasteiger partial charge is 0.144 e. The summed E-state index contributed by atoms with van der Waals surface area (Å²) in [4.78, 5) is 16.9. The van der Waals surface area contributed by atoms with E-state index >= 15 is 0 Å². The molecule has 1 N–H and O–H groups in total. The molecular formula is C15H19N3O. The number of Topliss-reactive ketones (excluding diaryl/α,β-unsaturated/α-hetero) is 1. The summed E-state index contributed by atoms with van der Waals surface area (Å²) in [5.41, 5.74) is 2.06. The maximum Gasteiger partial charge on any atom is 0.144 e. The van der Waals surface area contributed by atoms with Crippen LogP contribution >= 0.6 is 0 Å². The number of para-hydroxylation sites is 2. The molecule has 0 saturated carbocycles. The Morgan fingerprint density at radius 2 is 2.32 bits per heavy atom. The number of carbonyl (C=O) groups excluding carboxylic acids is 1. The van der Waals surface area contributed by atoms with Crippen LogP contribution in [-0.4, -0.2) is 28.4 Å². The highest BCUT2D eigenvalue weighted by molar-refractivity contribution is 5.84. The summed E-state index contributed by atoms with van der Waals surface area (Å²) < 4.78 is 2.03. The number of fused-ring (bicyclic) bond motifs is 1. The van der Waals surface area contributed by atoms with Gasteiger partial charge in [-0.2, -0.15) is 0 Å². The summed E-state index contributed by atoms with van der Waals surface area (Å²) in [6, 6.07) is 8.01. The molecule has 1 fully saturated rings. The number of hydrogen-bond donors (Lipinski definition) is 1. The third-order valence-electron chi connectivity index (χ3n) is 3.96. The Balaban J connectivity index is 1.81. The van der Waals surface area contributed by atoms with Gasteiger partial charge in [-0.25, -0.2) is 4.98 Å². The molecule has 0 bridgehead atoms. The quantitative estimate of drug-likeness (QED) is 0.910. The van der Waals surface area contributed by atoms with E-state index < -0.39 is 0 Å². The molecule has 19 heavy (non-hydrogen) atoms. The summed E-state index contributed by atoms with van der Waals surface area (Å²) in [5, 5.41) is 3.29. The number of aromatic nitrogens is 2. The fourth-order valence-electron chi connectivity index (χ4n) is 2.78. The number of rotatable bonds is 3. The second-order valence-corrected chi connectivity index (χ2v) is 5.26. The largest absolute Gasteiger partial charge is 0.331 e. The Labute approximate surface area is 112 Å². The lowest BCUT2D eigenvalue weighted by atomic mass is 9.93. The molecule has 100 valence electrons. The average molecular weight is 257 g/mol. The Morgan fingerprint density at radius 1 is 1.47 bits per heavy atom. The molecule has 1 unspecified atom stereocenters. The maximum atomic E-state index is 12.3. The number of benzene rings is 1. The fraction of sp³-hybridized carbons (Fsp3) is 0.467. The van der Waals surface area contributed by atoms with Crippen molar-refractivity contribution in [1.82, 2.24) is 14.9 Å². The number of imidazole rings is 1. The molecule has 1 aromatic heterocycles. The van der Waals surface area contributed by atoms with Gasteiger partial charge in [-0.05, 0) is 31.5 Å². The average Bonchev–Trinajstić information content (AvgIpc) is 2.77. The molecule has 0 amide bonds. The van der Waals surface area contributed by atoms with E-state index in [0.717, 1.165) is 42.8 Å². The predicted molar refractivity (Wildman–Crippen MR) is 75.0 cm³/mol. The minimum atomic E-state index is 0.161. The molecule has 2 heterocycles. The minimum absolute atomic E-state index is 0.161. The normalized spacial score (nSPS) is 19.7. The highest BCUT2D eigenvalue weighted by atomic mass is 16.1. The molecule has 1 aliphatic heterocycles. The molecule has 0 radical (unpaired) electrons. The summed E-state index contributed by atoms with van der Waals surface area (Å²) in [7, 11) is 1.98. The molecule has 0 spiro atoms.